The van der Waals surface area contributed by atoms with E-state index >= 15 is 0 Å². The van der Waals surface area contributed by atoms with Gasteiger partial charge in [0.05, 0.1) is 0 Å². The first kappa shape index (κ1) is 19.1. The van der Waals surface area contributed by atoms with Crippen LogP contribution in [0.15, 0.2) is 54.6 Å². The fourth-order valence-corrected chi connectivity index (χ4v) is 2.77. The molecule has 0 spiro atoms. The molecule has 25 heavy (non-hydrogen) atoms. The second-order valence-corrected chi connectivity index (χ2v) is 6.16. The van der Waals surface area contributed by atoms with Gasteiger partial charge in [0.2, 0.25) is 0 Å². The number of allylic oxidation sites excluding steroid dienone is 1. The SMILES string of the molecule is CCCc1ccc(C(=O)/C=C(\B(F)F)c2ccc(CCC)cc2)cc1. The number of hydrogen-bond donors (Lipinski definition) is 0. The predicted octanol–water partition coefficient (Wildman–Crippen LogP) is 5.82. The van der Waals surface area contributed by atoms with Crippen LogP contribution >= 0.6 is 0 Å². The highest BCUT2D eigenvalue weighted by molar-refractivity contribution is 6.67. The van der Waals surface area contributed by atoms with Gasteiger partial charge in [-0.2, -0.15) is 0 Å². The van der Waals surface area contributed by atoms with E-state index in [0.717, 1.165) is 42.9 Å². The largest absolute Gasteiger partial charge is 0.572 e. The second-order valence-electron chi connectivity index (χ2n) is 6.16. The van der Waals surface area contributed by atoms with Crippen LogP contribution in [0.4, 0.5) is 8.63 Å². The van der Waals surface area contributed by atoms with Gasteiger partial charge in [0.15, 0.2) is 5.78 Å². The number of benzene rings is 2. The number of carbonyl (C=O) groups is 1. The average molecular weight is 340 g/mol. The van der Waals surface area contributed by atoms with Crippen molar-refractivity contribution in [1.82, 2.24) is 0 Å². The minimum Gasteiger partial charge on any atom is -0.289 e. The molecule has 0 unspecified atom stereocenters. The van der Waals surface area contributed by atoms with Crippen LogP contribution in [-0.2, 0) is 12.8 Å². The zero-order valence-corrected chi connectivity index (χ0v) is 14.8. The van der Waals surface area contributed by atoms with Crippen molar-refractivity contribution in [2.24, 2.45) is 0 Å². The summed E-state index contributed by atoms with van der Waals surface area (Å²) in [5.41, 5.74) is 2.85. The molecule has 0 bridgehead atoms. The Morgan fingerprint density at radius 3 is 1.68 bits per heavy atom. The van der Waals surface area contributed by atoms with E-state index in [9.17, 15) is 13.4 Å². The van der Waals surface area contributed by atoms with E-state index in [4.69, 9.17) is 0 Å². The third-order valence-corrected chi connectivity index (χ3v) is 4.12. The normalized spacial score (nSPS) is 11.4. The van der Waals surface area contributed by atoms with E-state index in [0.29, 0.717) is 11.1 Å². The van der Waals surface area contributed by atoms with E-state index < -0.39 is 13.1 Å². The molecule has 0 amide bonds. The molecular weight excluding hydrogens is 317 g/mol. The Bertz CT molecular complexity index is 719. The van der Waals surface area contributed by atoms with Crippen LogP contribution in [0.25, 0.3) is 5.47 Å². The van der Waals surface area contributed by atoms with Gasteiger partial charge in [0.1, 0.15) is 0 Å². The molecule has 130 valence electrons. The van der Waals surface area contributed by atoms with Gasteiger partial charge in [0.25, 0.3) is 0 Å². The minimum absolute atomic E-state index is 0.231. The Labute approximate surface area is 148 Å². The van der Waals surface area contributed by atoms with Crippen molar-refractivity contribution in [3.05, 3.63) is 76.9 Å². The molecule has 0 N–H and O–H groups in total. The number of ketones is 1. The van der Waals surface area contributed by atoms with Crippen molar-refractivity contribution in [3.8, 4) is 0 Å². The molecule has 4 heteroatoms. The first-order valence-corrected chi connectivity index (χ1v) is 8.77. The molecule has 0 saturated carbocycles. The average Bonchev–Trinajstić information content (AvgIpc) is 2.61. The molecule has 0 saturated heterocycles. The summed E-state index contributed by atoms with van der Waals surface area (Å²) in [7, 11) is -2.69. The van der Waals surface area contributed by atoms with E-state index in [2.05, 4.69) is 13.8 Å². The lowest BCUT2D eigenvalue weighted by atomic mass is 9.78. The van der Waals surface area contributed by atoms with Crippen molar-refractivity contribution >= 4 is 18.5 Å². The fraction of sp³-hybridized carbons (Fsp3) is 0.286. The molecule has 0 atom stereocenters. The zero-order valence-electron chi connectivity index (χ0n) is 14.8. The van der Waals surface area contributed by atoms with Crippen molar-refractivity contribution in [2.75, 3.05) is 0 Å². The summed E-state index contributed by atoms with van der Waals surface area (Å²) < 4.78 is 26.9. The molecule has 1 nitrogen and oxygen atoms in total. The Kier molecular flexibility index (Phi) is 7.11. The fourth-order valence-electron chi connectivity index (χ4n) is 2.77. The van der Waals surface area contributed by atoms with Crippen LogP contribution in [0, 0.1) is 0 Å². The quantitative estimate of drug-likeness (QED) is 0.336. The third kappa shape index (κ3) is 5.38. The van der Waals surface area contributed by atoms with Crippen LogP contribution < -0.4 is 0 Å². The van der Waals surface area contributed by atoms with Crippen LogP contribution in [-0.4, -0.2) is 13.1 Å². The van der Waals surface area contributed by atoms with Gasteiger partial charge in [-0.3, -0.25) is 13.4 Å². The van der Waals surface area contributed by atoms with E-state index in [1.54, 1.807) is 24.3 Å². The molecule has 2 aromatic carbocycles. The number of rotatable bonds is 8. The van der Waals surface area contributed by atoms with E-state index in [1.165, 1.54) is 0 Å². The summed E-state index contributed by atoms with van der Waals surface area (Å²) in [4.78, 5) is 12.4. The zero-order chi connectivity index (χ0) is 18.2. The Morgan fingerprint density at radius 2 is 1.28 bits per heavy atom. The molecule has 0 aliphatic heterocycles. The highest BCUT2D eigenvalue weighted by Crippen LogP contribution is 2.22. The molecule has 2 rings (SSSR count). The lowest BCUT2D eigenvalue weighted by molar-refractivity contribution is 0.104. The highest BCUT2D eigenvalue weighted by Gasteiger charge is 2.23. The van der Waals surface area contributed by atoms with Crippen LogP contribution in [0.3, 0.4) is 0 Å². The number of hydrogen-bond acceptors (Lipinski definition) is 1. The Morgan fingerprint density at radius 1 is 0.840 bits per heavy atom. The third-order valence-electron chi connectivity index (χ3n) is 4.12. The maximum atomic E-state index is 13.5. The van der Waals surface area contributed by atoms with Gasteiger partial charge < -0.3 is 0 Å². The van der Waals surface area contributed by atoms with Gasteiger partial charge in [-0.25, -0.2) is 0 Å². The van der Waals surface area contributed by atoms with Gasteiger partial charge in [-0.05, 0) is 35.6 Å². The van der Waals surface area contributed by atoms with Crippen molar-refractivity contribution in [3.63, 3.8) is 0 Å². The van der Waals surface area contributed by atoms with Gasteiger partial charge in [-0.15, -0.1) is 0 Å². The maximum absolute atomic E-state index is 13.5. The number of carbonyl (C=O) groups excluding carboxylic acids is 1. The smallest absolute Gasteiger partial charge is 0.289 e. The number of aryl methyl sites for hydroxylation is 2. The summed E-state index contributed by atoms with van der Waals surface area (Å²) in [6.07, 6.45) is 4.95. The standard InChI is InChI=1S/C21H23BF2O/c1-3-5-16-7-11-18(12-8-16)20(22(23)24)15-21(25)19-13-9-17(6-4-2)10-14-19/h7-15H,3-6H2,1-2H3/b20-15-. The van der Waals surface area contributed by atoms with Crippen molar-refractivity contribution in [2.45, 2.75) is 39.5 Å². The summed E-state index contributed by atoms with van der Waals surface area (Å²) in [5.74, 6) is -0.393. The first-order valence-electron chi connectivity index (χ1n) is 8.77. The minimum atomic E-state index is -2.69. The molecule has 0 aliphatic carbocycles. The van der Waals surface area contributed by atoms with Crippen molar-refractivity contribution in [1.29, 1.82) is 0 Å². The molecule has 0 radical (unpaired) electrons. The summed E-state index contributed by atoms with van der Waals surface area (Å²) in [6, 6.07) is 14.2. The summed E-state index contributed by atoms with van der Waals surface area (Å²) in [6.45, 7) is 4.16. The van der Waals surface area contributed by atoms with Gasteiger partial charge in [0, 0.05) is 11.0 Å². The Hall–Kier alpha value is -2.23. The molecule has 0 aromatic heterocycles. The molecule has 0 fully saturated rings. The van der Waals surface area contributed by atoms with E-state index in [1.807, 2.05) is 24.3 Å². The highest BCUT2D eigenvalue weighted by atomic mass is 19.2. The van der Waals surface area contributed by atoms with Gasteiger partial charge >= 0.3 is 7.27 Å². The lowest BCUT2D eigenvalue weighted by Gasteiger charge is -2.07. The van der Waals surface area contributed by atoms with Crippen LogP contribution in [0.5, 0.6) is 0 Å². The summed E-state index contributed by atoms with van der Waals surface area (Å²) in [5, 5.41) is 0. The number of halogens is 2. The predicted molar refractivity (Wildman–Crippen MR) is 101 cm³/mol. The van der Waals surface area contributed by atoms with Crippen LogP contribution in [0.2, 0.25) is 0 Å². The molecule has 0 heterocycles. The summed E-state index contributed by atoms with van der Waals surface area (Å²) >= 11 is 0. The lowest BCUT2D eigenvalue weighted by Crippen LogP contribution is -2.06. The van der Waals surface area contributed by atoms with E-state index in [-0.39, 0.29) is 5.47 Å². The molecule has 0 aliphatic rings. The topological polar surface area (TPSA) is 17.1 Å². The monoisotopic (exact) mass is 340 g/mol. The van der Waals surface area contributed by atoms with Crippen molar-refractivity contribution < 1.29 is 13.4 Å². The first-order chi connectivity index (χ1) is 12.0. The maximum Gasteiger partial charge on any atom is 0.572 e. The van der Waals surface area contributed by atoms with Crippen LogP contribution in [0.1, 0.15) is 53.7 Å². The molecular formula is C21H23BF2O. The van der Waals surface area contributed by atoms with Gasteiger partial charge in [-0.1, -0.05) is 75.2 Å². The molecule has 2 aromatic rings. The Balaban J connectivity index is 2.24. The second kappa shape index (κ2) is 9.31.